The summed E-state index contributed by atoms with van der Waals surface area (Å²) in [6.45, 7) is 2.63. The van der Waals surface area contributed by atoms with Gasteiger partial charge in [0.1, 0.15) is 11.5 Å². The number of amides is 2. The SMILES string of the molecule is CCCCOc1ccc(C(=O)NNC(=O)c2cc(OC)cc(Br)c2OC)cc1OC. The monoisotopic (exact) mass is 480 g/mol. The van der Waals surface area contributed by atoms with Crippen LogP contribution in [0.5, 0.6) is 23.0 Å². The van der Waals surface area contributed by atoms with E-state index in [4.69, 9.17) is 18.9 Å². The molecule has 2 N–H and O–H groups in total. The average Bonchev–Trinajstić information content (AvgIpc) is 2.76. The van der Waals surface area contributed by atoms with Crippen molar-refractivity contribution in [3.8, 4) is 23.0 Å². The molecule has 0 heterocycles. The van der Waals surface area contributed by atoms with Crippen LogP contribution in [-0.2, 0) is 0 Å². The molecule has 0 fully saturated rings. The molecule has 0 atom stereocenters. The molecule has 0 spiro atoms. The highest BCUT2D eigenvalue weighted by molar-refractivity contribution is 9.10. The molecule has 2 rings (SSSR count). The fourth-order valence-corrected chi connectivity index (χ4v) is 3.17. The summed E-state index contributed by atoms with van der Waals surface area (Å²) < 4.78 is 21.9. The van der Waals surface area contributed by atoms with Crippen LogP contribution in [0.15, 0.2) is 34.8 Å². The third-order valence-electron chi connectivity index (χ3n) is 4.17. The van der Waals surface area contributed by atoms with E-state index in [1.807, 2.05) is 0 Å². The second-order valence-corrected chi connectivity index (χ2v) is 7.02. The number of rotatable bonds is 9. The minimum Gasteiger partial charge on any atom is -0.497 e. The van der Waals surface area contributed by atoms with Crippen LogP contribution in [0.4, 0.5) is 0 Å². The van der Waals surface area contributed by atoms with Gasteiger partial charge in [-0.15, -0.1) is 0 Å². The van der Waals surface area contributed by atoms with E-state index < -0.39 is 11.8 Å². The standard InChI is InChI=1S/C21H25BrN2O6/c1-5-6-9-30-17-8-7-13(10-18(17)28-3)20(25)23-24-21(26)15-11-14(27-2)12-16(22)19(15)29-4/h7-8,10-12H,5-6,9H2,1-4H3,(H,23,25)(H,24,26). The average molecular weight is 481 g/mol. The van der Waals surface area contributed by atoms with Crippen LogP contribution in [0.1, 0.15) is 40.5 Å². The number of methoxy groups -OCH3 is 3. The smallest absolute Gasteiger partial charge is 0.273 e. The van der Waals surface area contributed by atoms with Gasteiger partial charge < -0.3 is 18.9 Å². The van der Waals surface area contributed by atoms with Gasteiger partial charge in [-0.05, 0) is 52.7 Å². The Kier molecular flexibility index (Phi) is 8.79. The summed E-state index contributed by atoms with van der Waals surface area (Å²) in [6, 6.07) is 7.98. The van der Waals surface area contributed by atoms with E-state index in [1.165, 1.54) is 27.4 Å². The number of nitrogens with one attached hydrogen (secondary N) is 2. The predicted molar refractivity (Wildman–Crippen MR) is 116 cm³/mol. The van der Waals surface area contributed by atoms with Crippen molar-refractivity contribution in [1.29, 1.82) is 0 Å². The first-order valence-corrected chi connectivity index (χ1v) is 10.1. The van der Waals surface area contributed by atoms with Crippen LogP contribution in [0.2, 0.25) is 0 Å². The molecule has 162 valence electrons. The summed E-state index contributed by atoms with van der Waals surface area (Å²) in [5, 5.41) is 0. The first-order valence-electron chi connectivity index (χ1n) is 9.28. The van der Waals surface area contributed by atoms with E-state index in [-0.39, 0.29) is 5.56 Å². The quantitative estimate of drug-likeness (QED) is 0.419. The normalized spacial score (nSPS) is 10.2. The molecule has 2 aromatic carbocycles. The van der Waals surface area contributed by atoms with Crippen molar-refractivity contribution in [2.24, 2.45) is 0 Å². The highest BCUT2D eigenvalue weighted by Crippen LogP contribution is 2.33. The van der Waals surface area contributed by atoms with E-state index in [2.05, 4.69) is 33.7 Å². The summed E-state index contributed by atoms with van der Waals surface area (Å²) in [4.78, 5) is 25.1. The molecule has 0 saturated heterocycles. The minimum atomic E-state index is -0.564. The number of hydrazine groups is 1. The molecular formula is C21H25BrN2O6. The van der Waals surface area contributed by atoms with Gasteiger partial charge in [0, 0.05) is 5.56 Å². The number of halogens is 1. The molecule has 30 heavy (non-hydrogen) atoms. The fraction of sp³-hybridized carbons (Fsp3) is 0.333. The zero-order chi connectivity index (χ0) is 22.1. The number of hydrogen-bond donors (Lipinski definition) is 2. The predicted octanol–water partition coefficient (Wildman–Crippen LogP) is 3.73. The molecule has 2 amide bonds. The molecule has 9 heteroatoms. The Morgan fingerprint density at radius 1 is 0.933 bits per heavy atom. The van der Waals surface area contributed by atoms with E-state index in [0.717, 1.165) is 12.8 Å². The maximum Gasteiger partial charge on any atom is 0.273 e. The maximum atomic E-state index is 12.6. The van der Waals surface area contributed by atoms with Gasteiger partial charge in [0.15, 0.2) is 11.5 Å². The van der Waals surface area contributed by atoms with Crippen molar-refractivity contribution < 1.29 is 28.5 Å². The second-order valence-electron chi connectivity index (χ2n) is 6.17. The third kappa shape index (κ3) is 5.79. The second kappa shape index (κ2) is 11.3. The van der Waals surface area contributed by atoms with Crippen molar-refractivity contribution >= 4 is 27.7 Å². The van der Waals surface area contributed by atoms with Crippen molar-refractivity contribution in [1.82, 2.24) is 10.9 Å². The van der Waals surface area contributed by atoms with Gasteiger partial charge in [-0.2, -0.15) is 0 Å². The van der Waals surface area contributed by atoms with Gasteiger partial charge in [-0.25, -0.2) is 0 Å². The summed E-state index contributed by atoms with van der Waals surface area (Å²) >= 11 is 3.33. The Bertz CT molecular complexity index is 903. The largest absolute Gasteiger partial charge is 0.497 e. The molecular weight excluding hydrogens is 456 g/mol. The Morgan fingerprint density at radius 3 is 2.30 bits per heavy atom. The zero-order valence-electron chi connectivity index (χ0n) is 17.3. The molecule has 0 aliphatic carbocycles. The molecule has 0 bridgehead atoms. The number of ether oxygens (including phenoxy) is 4. The van der Waals surface area contributed by atoms with Gasteiger partial charge in [0.25, 0.3) is 11.8 Å². The van der Waals surface area contributed by atoms with Crippen molar-refractivity contribution in [2.75, 3.05) is 27.9 Å². The van der Waals surface area contributed by atoms with Crippen molar-refractivity contribution in [3.63, 3.8) is 0 Å². The summed E-state index contributed by atoms with van der Waals surface area (Å²) in [7, 11) is 4.43. The molecule has 2 aromatic rings. The fourth-order valence-electron chi connectivity index (χ4n) is 2.57. The first kappa shape index (κ1) is 23.3. The van der Waals surface area contributed by atoms with E-state index in [1.54, 1.807) is 24.3 Å². The van der Waals surface area contributed by atoms with Crippen LogP contribution >= 0.6 is 15.9 Å². The zero-order valence-corrected chi connectivity index (χ0v) is 18.9. The lowest BCUT2D eigenvalue weighted by Crippen LogP contribution is -2.41. The highest BCUT2D eigenvalue weighted by atomic mass is 79.9. The number of hydrogen-bond acceptors (Lipinski definition) is 6. The molecule has 0 aliphatic heterocycles. The lowest BCUT2D eigenvalue weighted by Gasteiger charge is -2.14. The van der Waals surface area contributed by atoms with Gasteiger partial charge in [-0.3, -0.25) is 20.4 Å². The van der Waals surface area contributed by atoms with Crippen molar-refractivity contribution in [3.05, 3.63) is 45.9 Å². The Balaban J connectivity index is 2.10. The summed E-state index contributed by atoms with van der Waals surface area (Å²) in [5.74, 6) is 0.690. The highest BCUT2D eigenvalue weighted by Gasteiger charge is 2.19. The maximum absolute atomic E-state index is 12.6. The van der Waals surface area contributed by atoms with E-state index >= 15 is 0 Å². The first-order chi connectivity index (χ1) is 14.4. The molecule has 0 saturated carbocycles. The Labute approximate surface area is 183 Å². The summed E-state index contributed by atoms with van der Waals surface area (Å²) in [5.41, 5.74) is 5.25. The van der Waals surface area contributed by atoms with Gasteiger partial charge in [0.05, 0.1) is 38.0 Å². The van der Waals surface area contributed by atoms with E-state index in [9.17, 15) is 9.59 Å². The van der Waals surface area contributed by atoms with Crippen LogP contribution in [0.3, 0.4) is 0 Å². The molecule has 0 aliphatic rings. The number of carbonyl (C=O) groups is 2. The molecule has 8 nitrogen and oxygen atoms in total. The van der Waals surface area contributed by atoms with Crippen molar-refractivity contribution in [2.45, 2.75) is 19.8 Å². The van der Waals surface area contributed by atoms with Gasteiger partial charge in [-0.1, -0.05) is 13.3 Å². The molecule has 0 unspecified atom stereocenters. The lowest BCUT2D eigenvalue weighted by atomic mass is 10.1. The Hall–Kier alpha value is -2.94. The topological polar surface area (TPSA) is 95.1 Å². The Morgan fingerprint density at radius 2 is 1.67 bits per heavy atom. The van der Waals surface area contributed by atoms with Crippen LogP contribution in [-0.4, -0.2) is 39.8 Å². The van der Waals surface area contributed by atoms with Crippen LogP contribution in [0.25, 0.3) is 0 Å². The summed E-state index contributed by atoms with van der Waals surface area (Å²) in [6.07, 6.45) is 1.93. The number of benzene rings is 2. The minimum absolute atomic E-state index is 0.196. The lowest BCUT2D eigenvalue weighted by molar-refractivity contribution is 0.0844. The van der Waals surface area contributed by atoms with Crippen LogP contribution in [0, 0.1) is 0 Å². The molecule has 0 aromatic heterocycles. The molecule has 0 radical (unpaired) electrons. The van der Waals surface area contributed by atoms with E-state index in [0.29, 0.717) is 39.6 Å². The number of carbonyl (C=O) groups excluding carboxylic acids is 2. The van der Waals surface area contributed by atoms with Crippen LogP contribution < -0.4 is 29.8 Å². The third-order valence-corrected chi connectivity index (χ3v) is 4.76. The number of unbranched alkanes of at least 4 members (excludes halogenated alkanes) is 1. The van der Waals surface area contributed by atoms with Gasteiger partial charge >= 0.3 is 0 Å². The van der Waals surface area contributed by atoms with Gasteiger partial charge in [0.2, 0.25) is 0 Å².